The van der Waals surface area contributed by atoms with Gasteiger partial charge in [0, 0.05) is 43.8 Å². The molecule has 0 saturated carbocycles. The zero-order chi connectivity index (χ0) is 20.4. The van der Waals surface area contributed by atoms with Crippen LogP contribution in [0.25, 0.3) is 0 Å². The Hall–Kier alpha value is -1.65. The number of nitrogens with zero attached hydrogens (tertiary/aromatic N) is 2. The summed E-state index contributed by atoms with van der Waals surface area (Å²) >= 11 is 5.91. The van der Waals surface area contributed by atoms with E-state index in [1.807, 2.05) is 0 Å². The number of alkyl halides is 2. The Balaban J connectivity index is 2.65. The van der Waals surface area contributed by atoms with Crippen molar-refractivity contribution in [2.45, 2.75) is 27.0 Å². The number of hydrogen-bond acceptors (Lipinski definition) is 4. The maximum Gasteiger partial charge on any atom is 0.387 e. The first-order valence-electron chi connectivity index (χ1n) is 8.39. The number of rotatable bonds is 10. The summed E-state index contributed by atoms with van der Waals surface area (Å²) in [6.45, 7) is 1.69. The molecule has 0 atom stereocenters. The quantitative estimate of drug-likeness (QED) is 0.443. The zero-order valence-electron chi connectivity index (χ0n) is 15.5. The second kappa shape index (κ2) is 11.3. The van der Waals surface area contributed by atoms with Crippen LogP contribution in [0.1, 0.15) is 19.4 Å². The van der Waals surface area contributed by atoms with Gasteiger partial charge < -0.3 is 15.4 Å². The number of guanidine groups is 1. The largest absolute Gasteiger partial charge is 0.434 e. The van der Waals surface area contributed by atoms with Crippen LogP contribution in [-0.4, -0.2) is 57.7 Å². The van der Waals surface area contributed by atoms with E-state index in [9.17, 15) is 17.2 Å². The molecule has 27 heavy (non-hydrogen) atoms. The Labute approximate surface area is 163 Å². The normalized spacial score (nSPS) is 12.5. The molecule has 2 N–H and O–H groups in total. The van der Waals surface area contributed by atoms with Gasteiger partial charge in [-0.25, -0.2) is 12.7 Å². The number of sulfonamides is 1. The Kier molecular flexibility index (Phi) is 9.75. The van der Waals surface area contributed by atoms with E-state index in [1.54, 1.807) is 13.8 Å². The second-order valence-corrected chi connectivity index (χ2v) is 7.91. The van der Waals surface area contributed by atoms with Crippen molar-refractivity contribution < 1.29 is 21.9 Å². The molecule has 1 aromatic carbocycles. The second-order valence-electron chi connectivity index (χ2n) is 5.38. The van der Waals surface area contributed by atoms with Crippen molar-refractivity contribution in [3.63, 3.8) is 0 Å². The van der Waals surface area contributed by atoms with E-state index in [-0.39, 0.29) is 24.6 Å². The molecular weight excluding hydrogens is 402 g/mol. The standard InChI is InChI=1S/C16H25ClF2N4O3S/c1-4-23(5-2)27(24,25)9-8-21-16(20-3)22-11-12-10-13(17)6-7-14(12)26-15(18)19/h6-7,10,15H,4-5,8-9,11H2,1-3H3,(H2,20,21,22). The molecule has 0 bridgehead atoms. The van der Waals surface area contributed by atoms with Crippen molar-refractivity contribution in [1.82, 2.24) is 14.9 Å². The van der Waals surface area contributed by atoms with E-state index >= 15 is 0 Å². The fourth-order valence-corrected chi connectivity index (χ4v) is 3.94. The van der Waals surface area contributed by atoms with Crippen LogP contribution in [0.2, 0.25) is 5.02 Å². The molecule has 11 heteroatoms. The van der Waals surface area contributed by atoms with Crippen molar-refractivity contribution >= 4 is 27.6 Å². The van der Waals surface area contributed by atoms with Crippen LogP contribution in [0.5, 0.6) is 5.75 Å². The number of halogens is 3. The zero-order valence-corrected chi connectivity index (χ0v) is 17.1. The van der Waals surface area contributed by atoms with Crippen LogP contribution in [-0.2, 0) is 16.6 Å². The summed E-state index contributed by atoms with van der Waals surface area (Å²) in [5.41, 5.74) is 0.418. The van der Waals surface area contributed by atoms with Gasteiger partial charge in [0.2, 0.25) is 10.0 Å². The summed E-state index contributed by atoms with van der Waals surface area (Å²) in [7, 11) is -1.84. The SMILES string of the molecule is CCN(CC)S(=O)(=O)CCNC(=NC)NCc1cc(Cl)ccc1OC(F)F. The molecule has 1 rings (SSSR count). The van der Waals surface area contributed by atoms with E-state index in [0.717, 1.165) is 0 Å². The molecular formula is C16H25ClF2N4O3S. The number of hydrogen-bond donors (Lipinski definition) is 2. The van der Waals surface area contributed by atoms with Crippen molar-refractivity contribution in [2.75, 3.05) is 32.4 Å². The lowest BCUT2D eigenvalue weighted by molar-refractivity contribution is -0.0504. The van der Waals surface area contributed by atoms with Crippen LogP contribution >= 0.6 is 11.6 Å². The lowest BCUT2D eigenvalue weighted by atomic mass is 10.2. The van der Waals surface area contributed by atoms with Gasteiger partial charge in [0.05, 0.1) is 5.75 Å². The average molecular weight is 427 g/mol. The Morgan fingerprint density at radius 2 is 1.96 bits per heavy atom. The van der Waals surface area contributed by atoms with E-state index in [0.29, 0.717) is 29.6 Å². The highest BCUT2D eigenvalue weighted by Crippen LogP contribution is 2.24. The summed E-state index contributed by atoms with van der Waals surface area (Å²) in [4.78, 5) is 3.98. The molecule has 0 heterocycles. The van der Waals surface area contributed by atoms with Gasteiger partial charge in [0.1, 0.15) is 5.75 Å². The molecule has 0 fully saturated rings. The smallest absolute Gasteiger partial charge is 0.387 e. The fraction of sp³-hybridized carbons (Fsp3) is 0.562. The lowest BCUT2D eigenvalue weighted by Gasteiger charge is -2.19. The predicted octanol–water partition coefficient (Wildman–Crippen LogP) is 2.28. The summed E-state index contributed by atoms with van der Waals surface area (Å²) < 4.78 is 55.1. The van der Waals surface area contributed by atoms with Gasteiger partial charge in [0.25, 0.3) is 0 Å². The predicted molar refractivity (Wildman–Crippen MR) is 103 cm³/mol. The third-order valence-corrected chi connectivity index (χ3v) is 5.92. The van der Waals surface area contributed by atoms with Crippen molar-refractivity contribution in [3.8, 4) is 5.75 Å². The molecule has 1 aromatic rings. The van der Waals surface area contributed by atoms with Gasteiger partial charge >= 0.3 is 6.61 Å². The van der Waals surface area contributed by atoms with Crippen LogP contribution in [0.15, 0.2) is 23.2 Å². The Morgan fingerprint density at radius 1 is 1.30 bits per heavy atom. The number of benzene rings is 1. The molecule has 154 valence electrons. The number of ether oxygens (including phenoxy) is 1. The molecule has 0 saturated heterocycles. The molecule has 7 nitrogen and oxygen atoms in total. The summed E-state index contributed by atoms with van der Waals surface area (Å²) in [6.07, 6.45) is 0. The number of aliphatic imine (C=N–C) groups is 1. The molecule has 0 amide bonds. The van der Waals surface area contributed by atoms with Crippen molar-refractivity contribution in [1.29, 1.82) is 0 Å². The molecule has 0 radical (unpaired) electrons. The van der Waals surface area contributed by atoms with Crippen LogP contribution in [0.3, 0.4) is 0 Å². The molecule has 0 unspecified atom stereocenters. The molecule has 0 aliphatic rings. The first-order valence-corrected chi connectivity index (χ1v) is 10.4. The highest BCUT2D eigenvalue weighted by Gasteiger charge is 2.18. The highest BCUT2D eigenvalue weighted by molar-refractivity contribution is 7.89. The summed E-state index contributed by atoms with van der Waals surface area (Å²) in [5.74, 6) is 0.237. The molecule has 0 aliphatic heterocycles. The summed E-state index contributed by atoms with van der Waals surface area (Å²) in [6, 6.07) is 4.32. The third-order valence-electron chi connectivity index (χ3n) is 3.66. The molecule has 0 aliphatic carbocycles. The van der Waals surface area contributed by atoms with Crippen LogP contribution < -0.4 is 15.4 Å². The van der Waals surface area contributed by atoms with E-state index in [1.165, 1.54) is 29.6 Å². The maximum absolute atomic E-state index is 12.5. The van der Waals surface area contributed by atoms with Gasteiger partial charge in [-0.2, -0.15) is 8.78 Å². The minimum Gasteiger partial charge on any atom is -0.434 e. The molecule has 0 aromatic heterocycles. The van der Waals surface area contributed by atoms with E-state index < -0.39 is 16.6 Å². The van der Waals surface area contributed by atoms with E-state index in [2.05, 4.69) is 20.4 Å². The Morgan fingerprint density at radius 3 is 2.52 bits per heavy atom. The minimum absolute atomic E-state index is 0.00136. The number of nitrogens with one attached hydrogen (secondary N) is 2. The van der Waals surface area contributed by atoms with Gasteiger partial charge in [-0.05, 0) is 18.2 Å². The van der Waals surface area contributed by atoms with Gasteiger partial charge in [-0.3, -0.25) is 4.99 Å². The van der Waals surface area contributed by atoms with Gasteiger partial charge in [-0.15, -0.1) is 0 Å². The fourth-order valence-electron chi connectivity index (χ4n) is 2.34. The Bertz CT molecular complexity index is 728. The average Bonchev–Trinajstić information content (AvgIpc) is 2.60. The first-order chi connectivity index (χ1) is 12.7. The van der Waals surface area contributed by atoms with Gasteiger partial charge in [-0.1, -0.05) is 25.4 Å². The highest BCUT2D eigenvalue weighted by atomic mass is 35.5. The maximum atomic E-state index is 12.5. The van der Waals surface area contributed by atoms with Crippen LogP contribution in [0.4, 0.5) is 8.78 Å². The van der Waals surface area contributed by atoms with Crippen LogP contribution in [0, 0.1) is 0 Å². The van der Waals surface area contributed by atoms with Crippen molar-refractivity contribution in [3.05, 3.63) is 28.8 Å². The topological polar surface area (TPSA) is 83.0 Å². The first kappa shape index (κ1) is 23.4. The minimum atomic E-state index is -3.35. The summed E-state index contributed by atoms with van der Waals surface area (Å²) in [5, 5.41) is 6.18. The van der Waals surface area contributed by atoms with E-state index in [4.69, 9.17) is 11.6 Å². The monoisotopic (exact) mass is 426 g/mol. The lowest BCUT2D eigenvalue weighted by Crippen LogP contribution is -2.41. The van der Waals surface area contributed by atoms with Gasteiger partial charge in [0.15, 0.2) is 5.96 Å². The third kappa shape index (κ3) is 7.86. The van der Waals surface area contributed by atoms with Crippen molar-refractivity contribution in [2.24, 2.45) is 4.99 Å². The molecule has 0 spiro atoms.